The number of ether oxygens (including phenoxy) is 3. The molecule has 0 bridgehead atoms. The van der Waals surface area contributed by atoms with Gasteiger partial charge in [-0.05, 0) is 56.4 Å². The molecule has 1 atom stereocenters. The van der Waals surface area contributed by atoms with Gasteiger partial charge in [-0.1, -0.05) is 30.3 Å². The van der Waals surface area contributed by atoms with Crippen molar-refractivity contribution in [3.8, 4) is 11.5 Å². The van der Waals surface area contributed by atoms with E-state index in [0.717, 1.165) is 12.0 Å². The van der Waals surface area contributed by atoms with Crippen LogP contribution in [0, 0.1) is 0 Å². The molecule has 2 aromatic carbocycles. The van der Waals surface area contributed by atoms with Crippen molar-refractivity contribution in [3.05, 3.63) is 59.2 Å². The summed E-state index contributed by atoms with van der Waals surface area (Å²) in [5.41, 5.74) is 0.742. The molecule has 0 heterocycles. The average Bonchev–Trinajstić information content (AvgIpc) is 2.85. The van der Waals surface area contributed by atoms with Gasteiger partial charge < -0.3 is 29.5 Å². The number of carbonyl (C=O) groups excluding carboxylic acids is 2. The lowest BCUT2D eigenvalue weighted by molar-refractivity contribution is -0.148. The lowest BCUT2D eigenvalue weighted by atomic mass is 9.77. The summed E-state index contributed by atoms with van der Waals surface area (Å²) in [7, 11) is 2.93. The Morgan fingerprint density at radius 2 is 1.69 bits per heavy atom. The molecule has 3 rings (SSSR count). The van der Waals surface area contributed by atoms with Crippen molar-refractivity contribution >= 4 is 17.8 Å². The van der Waals surface area contributed by atoms with Gasteiger partial charge >= 0.3 is 12.0 Å². The Hall–Kier alpha value is -3.59. The minimum atomic E-state index is -1.26. The number of methoxy groups -OCH3 is 2. The topological polar surface area (TPSA) is 114 Å². The van der Waals surface area contributed by atoms with Crippen molar-refractivity contribution in [1.82, 2.24) is 10.2 Å². The molecule has 1 saturated carbocycles. The molecule has 1 aliphatic carbocycles. The number of benzene rings is 2. The second-order valence-corrected chi connectivity index (χ2v) is 8.94. The zero-order valence-corrected chi connectivity index (χ0v) is 21.2. The van der Waals surface area contributed by atoms with E-state index in [0.29, 0.717) is 42.1 Å². The summed E-state index contributed by atoms with van der Waals surface area (Å²) in [6, 6.07) is 12.1. The quantitative estimate of drug-likeness (QED) is 0.333. The number of rotatable bonds is 12. The maximum absolute atomic E-state index is 13.4. The summed E-state index contributed by atoms with van der Waals surface area (Å²) in [5.74, 6) is -0.569. The molecule has 36 heavy (non-hydrogen) atoms. The van der Waals surface area contributed by atoms with Crippen LogP contribution in [-0.2, 0) is 16.1 Å². The van der Waals surface area contributed by atoms with Crippen LogP contribution >= 0.6 is 0 Å². The molecule has 1 fully saturated rings. The van der Waals surface area contributed by atoms with E-state index in [-0.39, 0.29) is 18.9 Å². The first-order chi connectivity index (χ1) is 17.2. The summed E-state index contributed by atoms with van der Waals surface area (Å²) in [4.78, 5) is 39.0. The maximum atomic E-state index is 13.4. The van der Waals surface area contributed by atoms with Gasteiger partial charge in [0.25, 0.3) is 0 Å². The zero-order chi connectivity index (χ0) is 26.3. The van der Waals surface area contributed by atoms with Gasteiger partial charge in [-0.25, -0.2) is 9.59 Å². The summed E-state index contributed by atoms with van der Waals surface area (Å²) >= 11 is 0. The predicted molar refractivity (Wildman–Crippen MR) is 134 cm³/mol. The van der Waals surface area contributed by atoms with E-state index in [1.165, 1.54) is 26.0 Å². The molecule has 9 heteroatoms. The van der Waals surface area contributed by atoms with Gasteiger partial charge in [0.1, 0.15) is 22.6 Å². The van der Waals surface area contributed by atoms with Crippen LogP contribution in [0.15, 0.2) is 42.5 Å². The smallest absolute Gasteiger partial charge is 0.329 e. The van der Waals surface area contributed by atoms with Gasteiger partial charge in [0.05, 0.1) is 33.5 Å². The van der Waals surface area contributed by atoms with Crippen LogP contribution in [-0.4, -0.2) is 60.7 Å². The van der Waals surface area contributed by atoms with Crippen LogP contribution in [0.5, 0.6) is 11.5 Å². The molecule has 2 aromatic rings. The number of hydrogen-bond donors (Lipinski definition) is 2. The van der Waals surface area contributed by atoms with E-state index in [1.54, 1.807) is 12.1 Å². The molecular weight excluding hydrogens is 464 g/mol. The monoisotopic (exact) mass is 498 g/mol. The molecular formula is C27H34N2O7. The molecule has 1 aliphatic rings. The Morgan fingerprint density at radius 1 is 1.08 bits per heavy atom. The van der Waals surface area contributed by atoms with Gasteiger partial charge in [0.15, 0.2) is 5.78 Å². The van der Waals surface area contributed by atoms with Gasteiger partial charge in [0.2, 0.25) is 0 Å². The van der Waals surface area contributed by atoms with E-state index in [4.69, 9.17) is 14.2 Å². The number of carboxylic acid groups (broad SMARTS) is 1. The number of nitrogens with one attached hydrogen (secondary N) is 1. The van der Waals surface area contributed by atoms with E-state index in [2.05, 4.69) is 5.32 Å². The number of ketones is 1. The third-order valence-corrected chi connectivity index (χ3v) is 6.64. The van der Waals surface area contributed by atoms with E-state index in [9.17, 15) is 19.5 Å². The number of amides is 2. The summed E-state index contributed by atoms with van der Waals surface area (Å²) < 4.78 is 16.7. The van der Waals surface area contributed by atoms with E-state index >= 15 is 0 Å². The Kier molecular flexibility index (Phi) is 8.93. The van der Waals surface area contributed by atoms with Crippen LogP contribution in [0.2, 0.25) is 0 Å². The average molecular weight is 499 g/mol. The van der Waals surface area contributed by atoms with Crippen LogP contribution in [0.25, 0.3) is 0 Å². The number of carboxylic acids is 1. The summed E-state index contributed by atoms with van der Waals surface area (Å²) in [6.07, 6.45) is 1.51. The fourth-order valence-corrected chi connectivity index (χ4v) is 4.30. The first kappa shape index (κ1) is 27.0. The maximum Gasteiger partial charge on any atom is 0.329 e. The van der Waals surface area contributed by atoms with Crippen LogP contribution in [0.4, 0.5) is 4.79 Å². The number of urea groups is 1. The normalized spacial score (nSPS) is 14.8. The predicted octanol–water partition coefficient (Wildman–Crippen LogP) is 4.20. The minimum absolute atomic E-state index is 0.208. The standard InChI is InChI=1S/C27H34N2O7/c1-18(21-15-22(34-3)24(19(2)30)23(16-21)35-4)29(13-14-36-17-20-9-6-5-7-10-20)26(33)28-27(25(31)32)11-8-12-27/h5-7,9-10,15-16,18H,8,11-14,17H2,1-4H3,(H,28,33)(H,31,32). The molecule has 9 nitrogen and oxygen atoms in total. The summed E-state index contributed by atoms with van der Waals surface area (Å²) in [6.45, 7) is 4.10. The van der Waals surface area contributed by atoms with Crippen LogP contribution in [0.3, 0.4) is 0 Å². The highest BCUT2D eigenvalue weighted by Crippen LogP contribution is 2.36. The molecule has 0 saturated heterocycles. The van der Waals surface area contributed by atoms with Gasteiger partial charge in [-0.15, -0.1) is 0 Å². The van der Waals surface area contributed by atoms with Gasteiger partial charge in [-0.2, -0.15) is 0 Å². The minimum Gasteiger partial charge on any atom is -0.496 e. The number of nitrogens with zero attached hydrogens (tertiary/aromatic N) is 1. The van der Waals surface area contributed by atoms with Gasteiger partial charge in [-0.3, -0.25) is 4.79 Å². The second-order valence-electron chi connectivity index (χ2n) is 8.94. The van der Waals surface area contributed by atoms with Crippen molar-refractivity contribution in [2.24, 2.45) is 0 Å². The molecule has 2 amide bonds. The van der Waals surface area contributed by atoms with Crippen LogP contribution in [0.1, 0.15) is 60.6 Å². The van der Waals surface area contributed by atoms with Crippen molar-refractivity contribution in [2.75, 3.05) is 27.4 Å². The highest BCUT2D eigenvalue weighted by Gasteiger charge is 2.46. The van der Waals surface area contributed by atoms with E-state index < -0.39 is 23.6 Å². The van der Waals surface area contributed by atoms with E-state index in [1.807, 2.05) is 37.3 Å². The van der Waals surface area contributed by atoms with Crippen molar-refractivity contribution in [2.45, 2.75) is 51.3 Å². The Bertz CT molecular complexity index is 1060. The fraction of sp³-hybridized carbons (Fsp3) is 0.444. The fourth-order valence-electron chi connectivity index (χ4n) is 4.30. The lowest BCUT2D eigenvalue weighted by Crippen LogP contribution is -2.62. The zero-order valence-electron chi connectivity index (χ0n) is 21.2. The number of carbonyl (C=O) groups is 3. The highest BCUT2D eigenvalue weighted by molar-refractivity contribution is 5.99. The number of Topliss-reactive ketones (excluding diaryl/α,β-unsaturated/α-hetero) is 1. The molecule has 194 valence electrons. The Labute approximate surface area is 211 Å². The SMILES string of the molecule is COc1cc(C(C)N(CCOCc2ccccc2)C(=O)NC2(C(=O)O)CCC2)cc(OC)c1C(C)=O. The number of aliphatic carboxylic acids is 1. The Morgan fingerprint density at radius 3 is 2.17 bits per heavy atom. The number of hydrogen-bond acceptors (Lipinski definition) is 6. The largest absolute Gasteiger partial charge is 0.496 e. The molecule has 0 aliphatic heterocycles. The molecule has 1 unspecified atom stereocenters. The highest BCUT2D eigenvalue weighted by atomic mass is 16.5. The van der Waals surface area contributed by atoms with Crippen LogP contribution < -0.4 is 14.8 Å². The van der Waals surface area contributed by atoms with Crippen molar-refractivity contribution < 1.29 is 33.7 Å². The molecule has 0 radical (unpaired) electrons. The Balaban J connectivity index is 1.85. The third kappa shape index (κ3) is 5.96. The second kappa shape index (κ2) is 11.9. The van der Waals surface area contributed by atoms with Gasteiger partial charge in [0, 0.05) is 6.54 Å². The third-order valence-electron chi connectivity index (χ3n) is 6.64. The summed E-state index contributed by atoms with van der Waals surface area (Å²) in [5, 5.41) is 12.4. The first-order valence-corrected chi connectivity index (χ1v) is 11.9. The first-order valence-electron chi connectivity index (χ1n) is 11.9. The van der Waals surface area contributed by atoms with Crippen molar-refractivity contribution in [1.29, 1.82) is 0 Å². The molecule has 2 N–H and O–H groups in total. The molecule has 0 aromatic heterocycles. The lowest BCUT2D eigenvalue weighted by Gasteiger charge is -2.41. The molecule has 0 spiro atoms. The van der Waals surface area contributed by atoms with Crippen molar-refractivity contribution in [3.63, 3.8) is 0 Å².